The van der Waals surface area contributed by atoms with Crippen LogP contribution >= 0.6 is 11.8 Å². The second-order valence-corrected chi connectivity index (χ2v) is 5.59. The highest BCUT2D eigenvalue weighted by Crippen LogP contribution is 2.25. The van der Waals surface area contributed by atoms with Crippen molar-refractivity contribution in [3.8, 4) is 0 Å². The average Bonchev–Trinajstić information content (AvgIpc) is 2.51. The summed E-state index contributed by atoms with van der Waals surface area (Å²) in [5.41, 5.74) is 5.91. The molecule has 2 nitrogen and oxygen atoms in total. The van der Waals surface area contributed by atoms with Crippen molar-refractivity contribution >= 4 is 11.8 Å². The fourth-order valence-corrected chi connectivity index (χ4v) is 2.97. The van der Waals surface area contributed by atoms with Crippen LogP contribution in [0, 0.1) is 5.92 Å². The summed E-state index contributed by atoms with van der Waals surface area (Å²) < 4.78 is 0. The number of rotatable bonds is 5. The van der Waals surface area contributed by atoms with E-state index in [1.807, 2.05) is 11.8 Å². The molecule has 0 heterocycles. The van der Waals surface area contributed by atoms with E-state index in [0.29, 0.717) is 12.1 Å². The summed E-state index contributed by atoms with van der Waals surface area (Å²) in [6, 6.07) is 1.17. The van der Waals surface area contributed by atoms with Crippen LogP contribution in [-0.4, -0.2) is 42.6 Å². The number of nitrogens with two attached hydrogens (primary N) is 1. The van der Waals surface area contributed by atoms with E-state index in [2.05, 4.69) is 25.1 Å². The van der Waals surface area contributed by atoms with E-state index in [1.165, 1.54) is 31.6 Å². The fraction of sp³-hybridized carbons (Fsp3) is 1.00. The Balaban J connectivity index is 2.22. The second-order valence-electron chi connectivity index (χ2n) is 4.68. The van der Waals surface area contributed by atoms with Crippen LogP contribution in [0.2, 0.25) is 0 Å². The molecule has 1 aliphatic carbocycles. The van der Waals surface area contributed by atoms with Crippen molar-refractivity contribution < 1.29 is 0 Å². The quantitative estimate of drug-likeness (QED) is 0.760. The fourth-order valence-electron chi connectivity index (χ4n) is 2.24. The normalized spacial score (nSPS) is 29.8. The summed E-state index contributed by atoms with van der Waals surface area (Å²) in [6.45, 7) is 3.54. The lowest BCUT2D eigenvalue weighted by atomic mass is 10.1. The number of hydrogen-bond donors (Lipinski definition) is 1. The van der Waals surface area contributed by atoms with E-state index in [4.69, 9.17) is 5.73 Å². The summed E-state index contributed by atoms with van der Waals surface area (Å²) in [5, 5.41) is 0. The summed E-state index contributed by atoms with van der Waals surface area (Å²) in [4.78, 5) is 2.49. The average molecular weight is 216 g/mol. The molecule has 3 atom stereocenters. The van der Waals surface area contributed by atoms with Crippen LogP contribution in [-0.2, 0) is 0 Å². The van der Waals surface area contributed by atoms with E-state index in [0.717, 1.165) is 5.92 Å². The Morgan fingerprint density at radius 2 is 2.21 bits per heavy atom. The first-order chi connectivity index (χ1) is 6.63. The van der Waals surface area contributed by atoms with Gasteiger partial charge in [-0.2, -0.15) is 11.8 Å². The van der Waals surface area contributed by atoms with E-state index in [-0.39, 0.29) is 0 Å². The zero-order valence-electron chi connectivity index (χ0n) is 9.70. The molecule has 0 aromatic rings. The highest BCUT2D eigenvalue weighted by molar-refractivity contribution is 7.98. The summed E-state index contributed by atoms with van der Waals surface area (Å²) in [5.74, 6) is 2.08. The SMILES string of the molecule is CSCC(C)N(C)CC1CCC(N)C1. The summed E-state index contributed by atoms with van der Waals surface area (Å²) in [7, 11) is 2.24. The molecule has 0 saturated heterocycles. The Bertz CT molecular complexity index is 163. The van der Waals surface area contributed by atoms with E-state index in [1.54, 1.807) is 0 Å². The molecular formula is C11H24N2S. The molecule has 0 spiro atoms. The van der Waals surface area contributed by atoms with Crippen LogP contribution in [0.4, 0.5) is 0 Å². The lowest BCUT2D eigenvalue weighted by Crippen LogP contribution is -2.35. The van der Waals surface area contributed by atoms with Gasteiger partial charge in [-0.25, -0.2) is 0 Å². The molecule has 1 saturated carbocycles. The van der Waals surface area contributed by atoms with Crippen LogP contribution in [0.1, 0.15) is 26.2 Å². The van der Waals surface area contributed by atoms with Crippen LogP contribution < -0.4 is 5.73 Å². The van der Waals surface area contributed by atoms with Gasteiger partial charge in [0.05, 0.1) is 0 Å². The Hall–Kier alpha value is 0.270. The Kier molecular flexibility index (Phi) is 5.28. The lowest BCUT2D eigenvalue weighted by molar-refractivity contribution is 0.234. The van der Waals surface area contributed by atoms with Crippen molar-refractivity contribution in [3.05, 3.63) is 0 Å². The molecular weight excluding hydrogens is 192 g/mol. The maximum Gasteiger partial charge on any atom is 0.0155 e. The summed E-state index contributed by atoms with van der Waals surface area (Å²) >= 11 is 1.93. The van der Waals surface area contributed by atoms with E-state index >= 15 is 0 Å². The molecule has 1 fully saturated rings. The zero-order valence-corrected chi connectivity index (χ0v) is 10.5. The molecule has 1 rings (SSSR count). The number of nitrogens with zero attached hydrogens (tertiary/aromatic N) is 1. The Labute approximate surface area is 92.6 Å². The minimum absolute atomic E-state index is 0.476. The topological polar surface area (TPSA) is 29.3 Å². The molecule has 1 aliphatic rings. The van der Waals surface area contributed by atoms with Crippen molar-refractivity contribution in [2.75, 3.05) is 25.6 Å². The van der Waals surface area contributed by atoms with Crippen molar-refractivity contribution in [1.29, 1.82) is 0 Å². The minimum atomic E-state index is 0.476. The van der Waals surface area contributed by atoms with Gasteiger partial charge in [0.2, 0.25) is 0 Å². The van der Waals surface area contributed by atoms with Gasteiger partial charge in [-0.05, 0) is 45.4 Å². The Morgan fingerprint density at radius 3 is 2.71 bits per heavy atom. The monoisotopic (exact) mass is 216 g/mol. The zero-order chi connectivity index (χ0) is 10.6. The first-order valence-corrected chi connectivity index (χ1v) is 6.97. The van der Waals surface area contributed by atoms with E-state index in [9.17, 15) is 0 Å². The van der Waals surface area contributed by atoms with Crippen LogP contribution in [0.15, 0.2) is 0 Å². The second kappa shape index (κ2) is 5.99. The molecule has 0 radical (unpaired) electrons. The molecule has 3 heteroatoms. The smallest absolute Gasteiger partial charge is 0.0155 e. The van der Waals surface area contributed by atoms with Crippen molar-refractivity contribution in [2.24, 2.45) is 11.7 Å². The molecule has 84 valence electrons. The molecule has 14 heavy (non-hydrogen) atoms. The van der Waals surface area contributed by atoms with Crippen molar-refractivity contribution in [1.82, 2.24) is 4.90 Å². The molecule has 2 N–H and O–H groups in total. The molecule has 0 aromatic heterocycles. The van der Waals surface area contributed by atoms with Gasteiger partial charge in [0.15, 0.2) is 0 Å². The Morgan fingerprint density at radius 1 is 1.50 bits per heavy atom. The summed E-state index contributed by atoms with van der Waals surface area (Å²) in [6.07, 6.45) is 5.97. The van der Waals surface area contributed by atoms with Crippen LogP contribution in [0.3, 0.4) is 0 Å². The standard InChI is InChI=1S/C11H24N2S/c1-9(8-14-3)13(2)7-10-4-5-11(12)6-10/h9-11H,4-8,12H2,1-3H3. The van der Waals surface area contributed by atoms with Gasteiger partial charge in [-0.15, -0.1) is 0 Å². The van der Waals surface area contributed by atoms with Gasteiger partial charge < -0.3 is 10.6 Å². The first kappa shape index (κ1) is 12.3. The van der Waals surface area contributed by atoms with Gasteiger partial charge in [-0.1, -0.05) is 0 Å². The van der Waals surface area contributed by atoms with Gasteiger partial charge in [0.25, 0.3) is 0 Å². The predicted octanol–water partition coefficient (Wildman–Crippen LogP) is 1.80. The van der Waals surface area contributed by atoms with Crippen molar-refractivity contribution in [3.63, 3.8) is 0 Å². The minimum Gasteiger partial charge on any atom is -0.328 e. The number of thioether (sulfide) groups is 1. The maximum atomic E-state index is 5.91. The third-order valence-corrected chi connectivity index (χ3v) is 4.10. The van der Waals surface area contributed by atoms with Gasteiger partial charge in [0, 0.05) is 24.4 Å². The van der Waals surface area contributed by atoms with Crippen LogP contribution in [0.25, 0.3) is 0 Å². The van der Waals surface area contributed by atoms with Crippen molar-refractivity contribution in [2.45, 2.75) is 38.3 Å². The highest BCUT2D eigenvalue weighted by atomic mass is 32.2. The first-order valence-electron chi connectivity index (χ1n) is 5.58. The van der Waals surface area contributed by atoms with E-state index < -0.39 is 0 Å². The predicted molar refractivity (Wildman–Crippen MR) is 65.8 cm³/mol. The molecule has 0 aromatic carbocycles. The van der Waals surface area contributed by atoms with Gasteiger partial charge >= 0.3 is 0 Å². The third kappa shape index (κ3) is 3.79. The molecule has 0 amide bonds. The maximum absolute atomic E-state index is 5.91. The van der Waals surface area contributed by atoms with Gasteiger partial charge in [0.1, 0.15) is 0 Å². The van der Waals surface area contributed by atoms with Gasteiger partial charge in [-0.3, -0.25) is 0 Å². The lowest BCUT2D eigenvalue weighted by Gasteiger charge is -2.26. The third-order valence-electron chi connectivity index (χ3n) is 3.29. The number of hydrogen-bond acceptors (Lipinski definition) is 3. The molecule has 0 aliphatic heterocycles. The largest absolute Gasteiger partial charge is 0.328 e. The molecule has 3 unspecified atom stereocenters. The molecule has 0 bridgehead atoms. The van der Waals surface area contributed by atoms with Crippen LogP contribution in [0.5, 0.6) is 0 Å². The highest BCUT2D eigenvalue weighted by Gasteiger charge is 2.23.